The lowest BCUT2D eigenvalue weighted by Crippen LogP contribution is -2.60. The molecule has 1 aromatic carbocycles. The number of piperidine rings is 1. The average Bonchev–Trinajstić information content (AvgIpc) is 3.34. The predicted molar refractivity (Wildman–Crippen MR) is 135 cm³/mol. The van der Waals surface area contributed by atoms with Gasteiger partial charge in [0.2, 0.25) is 0 Å². The highest BCUT2D eigenvalue weighted by Gasteiger charge is 2.52. The maximum Gasteiger partial charge on any atom is 0.387 e. The van der Waals surface area contributed by atoms with E-state index in [9.17, 15) is 18.4 Å². The second kappa shape index (κ2) is 10.6. The number of benzene rings is 1. The zero-order valence-electron chi connectivity index (χ0n) is 21.5. The first-order valence-corrected chi connectivity index (χ1v) is 12.8. The van der Waals surface area contributed by atoms with Crippen LogP contribution in [0.3, 0.4) is 0 Å². The molecule has 1 amide bonds. The van der Waals surface area contributed by atoms with Crippen molar-refractivity contribution >= 4 is 29.2 Å². The molecule has 0 bridgehead atoms. The van der Waals surface area contributed by atoms with Crippen LogP contribution in [-0.4, -0.2) is 59.4 Å². The Kier molecular flexibility index (Phi) is 7.80. The first-order valence-electron chi connectivity index (χ1n) is 12.4. The van der Waals surface area contributed by atoms with Gasteiger partial charge in [-0.25, -0.2) is 0 Å². The van der Waals surface area contributed by atoms with Gasteiger partial charge >= 0.3 is 12.6 Å². The molecule has 0 spiro atoms. The molecule has 0 unspecified atom stereocenters. The predicted octanol–water partition coefficient (Wildman–Crippen LogP) is 5.03. The third-order valence-corrected chi connectivity index (χ3v) is 7.93. The molecule has 2 aliphatic rings. The van der Waals surface area contributed by atoms with Gasteiger partial charge in [0, 0.05) is 42.1 Å². The number of carbonyl (C=O) groups is 2. The number of alkyl halides is 2. The lowest BCUT2D eigenvalue weighted by atomic mass is 9.65. The zero-order valence-corrected chi connectivity index (χ0v) is 22.2. The van der Waals surface area contributed by atoms with Crippen LogP contribution in [0.5, 0.6) is 5.75 Å². The minimum absolute atomic E-state index is 0.114. The maximum absolute atomic E-state index is 13.9. The van der Waals surface area contributed by atoms with Crippen molar-refractivity contribution < 1.29 is 27.8 Å². The van der Waals surface area contributed by atoms with Gasteiger partial charge in [-0.2, -0.15) is 13.9 Å². The van der Waals surface area contributed by atoms with E-state index in [0.717, 1.165) is 5.69 Å². The number of aromatic nitrogens is 2. The Labute approximate surface area is 220 Å². The molecule has 4 rings (SSSR count). The monoisotopic (exact) mass is 538 g/mol. The summed E-state index contributed by atoms with van der Waals surface area (Å²) in [6, 6.07) is 6.34. The first kappa shape index (κ1) is 27.3. The smallest absolute Gasteiger partial charge is 0.387 e. The van der Waals surface area contributed by atoms with E-state index in [2.05, 4.69) is 20.1 Å². The summed E-state index contributed by atoms with van der Waals surface area (Å²) >= 11 is 5.98. The fourth-order valence-corrected chi connectivity index (χ4v) is 5.75. The third kappa shape index (κ3) is 5.31. The van der Waals surface area contributed by atoms with E-state index in [0.29, 0.717) is 38.8 Å². The maximum atomic E-state index is 13.9. The summed E-state index contributed by atoms with van der Waals surface area (Å²) in [5, 5.41) is 7.58. The molecule has 202 valence electrons. The van der Waals surface area contributed by atoms with Crippen LogP contribution in [0, 0.1) is 5.41 Å². The van der Waals surface area contributed by atoms with Crippen molar-refractivity contribution in [2.24, 2.45) is 5.41 Å². The molecule has 8 nitrogen and oxygen atoms in total. The van der Waals surface area contributed by atoms with Crippen molar-refractivity contribution in [3.63, 3.8) is 0 Å². The molecule has 1 aliphatic carbocycles. The van der Waals surface area contributed by atoms with Crippen molar-refractivity contribution in [1.29, 1.82) is 0 Å². The lowest BCUT2D eigenvalue weighted by Gasteiger charge is -2.51. The second-order valence-electron chi connectivity index (χ2n) is 10.5. The van der Waals surface area contributed by atoms with E-state index in [1.54, 1.807) is 10.9 Å². The van der Waals surface area contributed by atoms with Crippen LogP contribution in [0.25, 0.3) is 0 Å². The number of hydrogen-bond donors (Lipinski definition) is 1. The van der Waals surface area contributed by atoms with Gasteiger partial charge in [0.15, 0.2) is 5.75 Å². The van der Waals surface area contributed by atoms with E-state index < -0.39 is 17.6 Å². The van der Waals surface area contributed by atoms with Crippen molar-refractivity contribution in [3.05, 3.63) is 41.2 Å². The number of anilines is 1. The number of nitrogens with one attached hydrogen (secondary N) is 1. The molecule has 1 aromatic heterocycles. The number of hydrogen-bond acceptors (Lipinski definition) is 6. The van der Waals surface area contributed by atoms with Gasteiger partial charge in [-0.05, 0) is 56.7 Å². The molecule has 1 saturated heterocycles. The largest absolute Gasteiger partial charge is 0.469 e. The molecule has 2 fully saturated rings. The van der Waals surface area contributed by atoms with E-state index in [-0.39, 0.29) is 40.3 Å². The van der Waals surface area contributed by atoms with Crippen LogP contribution in [0.2, 0.25) is 5.02 Å². The molecule has 1 saturated carbocycles. The molecular formula is C26H33ClF2N4O4. The Bertz CT molecular complexity index is 1140. The Balaban J connectivity index is 1.58. The van der Waals surface area contributed by atoms with Crippen LogP contribution in [0.1, 0.15) is 58.1 Å². The van der Waals surface area contributed by atoms with Crippen molar-refractivity contribution in [2.45, 2.75) is 70.6 Å². The molecule has 2 aromatic rings. The summed E-state index contributed by atoms with van der Waals surface area (Å²) in [6.07, 6.45) is 4.01. The van der Waals surface area contributed by atoms with Gasteiger partial charge in [0.1, 0.15) is 5.54 Å². The Morgan fingerprint density at radius 2 is 1.86 bits per heavy atom. The van der Waals surface area contributed by atoms with Crippen molar-refractivity contribution in [2.75, 3.05) is 25.5 Å². The quantitative estimate of drug-likeness (QED) is 0.474. The minimum Gasteiger partial charge on any atom is -0.469 e. The van der Waals surface area contributed by atoms with E-state index >= 15 is 0 Å². The molecule has 0 radical (unpaired) electrons. The van der Waals surface area contributed by atoms with Crippen LogP contribution in [-0.2, 0) is 19.9 Å². The Morgan fingerprint density at radius 1 is 1.19 bits per heavy atom. The Morgan fingerprint density at radius 3 is 2.46 bits per heavy atom. The highest BCUT2D eigenvalue weighted by molar-refractivity contribution is 6.30. The number of likely N-dealkylation sites (tertiary alicyclic amines) is 1. The van der Waals surface area contributed by atoms with Crippen LogP contribution in [0.4, 0.5) is 14.5 Å². The lowest BCUT2D eigenvalue weighted by molar-refractivity contribution is -0.162. The number of methoxy groups -OCH3 is 1. The standard InChI is InChI=1S/C26H33ClF2N4O4/c1-16(2)20-7-10-30-33(20)26(22(34)31-19-6-5-17(27)13-21(19)37-24(28)29)8-11-32(12-9-26)18-14-25(3,15-18)23(35)36-4/h5-7,10,13,16,18,24H,8-9,11-12,14-15H2,1-4H3,(H,31,34). The van der Waals surface area contributed by atoms with Crippen LogP contribution in [0.15, 0.2) is 30.5 Å². The fourth-order valence-electron chi connectivity index (χ4n) is 5.59. The number of rotatable bonds is 8. The van der Waals surface area contributed by atoms with Crippen molar-refractivity contribution in [1.82, 2.24) is 14.7 Å². The average molecular weight is 539 g/mol. The van der Waals surface area contributed by atoms with Crippen LogP contribution < -0.4 is 10.1 Å². The second-order valence-corrected chi connectivity index (χ2v) is 10.9. The summed E-state index contributed by atoms with van der Waals surface area (Å²) in [5.41, 5.74) is -0.488. The van der Waals surface area contributed by atoms with Gasteiger partial charge in [0.05, 0.1) is 18.2 Å². The fraction of sp³-hybridized carbons (Fsp3) is 0.577. The molecular weight excluding hydrogens is 506 g/mol. The van der Waals surface area contributed by atoms with Gasteiger partial charge < -0.3 is 19.7 Å². The topological polar surface area (TPSA) is 85.7 Å². The molecule has 0 atom stereocenters. The van der Waals surface area contributed by atoms with E-state index in [4.69, 9.17) is 16.3 Å². The number of amides is 1. The van der Waals surface area contributed by atoms with Gasteiger partial charge in [-0.15, -0.1) is 0 Å². The van der Waals surface area contributed by atoms with Gasteiger partial charge in [-0.3, -0.25) is 14.3 Å². The van der Waals surface area contributed by atoms with Crippen molar-refractivity contribution in [3.8, 4) is 5.75 Å². The van der Waals surface area contributed by atoms with Crippen LogP contribution >= 0.6 is 11.6 Å². The number of ether oxygens (including phenoxy) is 2. The summed E-state index contributed by atoms with van der Waals surface area (Å²) in [5.74, 6) is -0.639. The molecule has 1 N–H and O–H groups in total. The number of halogens is 3. The highest BCUT2D eigenvalue weighted by atomic mass is 35.5. The summed E-state index contributed by atoms with van der Waals surface area (Å²) < 4.78 is 37.4. The summed E-state index contributed by atoms with van der Waals surface area (Å²) in [7, 11) is 1.41. The summed E-state index contributed by atoms with van der Waals surface area (Å²) in [4.78, 5) is 28.4. The van der Waals surface area contributed by atoms with E-state index in [1.165, 1.54) is 25.3 Å². The highest BCUT2D eigenvalue weighted by Crippen LogP contribution is 2.46. The van der Waals surface area contributed by atoms with Gasteiger partial charge in [-0.1, -0.05) is 25.4 Å². The SMILES string of the molecule is COC(=O)C1(C)CC(N2CCC(C(=O)Nc3ccc(Cl)cc3OC(F)F)(n3nccc3C(C)C)CC2)C1. The number of esters is 1. The first-order chi connectivity index (χ1) is 17.5. The zero-order chi connectivity index (χ0) is 27.0. The van der Waals surface area contributed by atoms with Gasteiger partial charge in [0.25, 0.3) is 5.91 Å². The number of nitrogens with zero attached hydrogens (tertiary/aromatic N) is 3. The Hall–Kier alpha value is -2.72. The summed E-state index contributed by atoms with van der Waals surface area (Å²) in [6.45, 7) is 4.15. The number of carbonyl (C=O) groups excluding carboxylic acids is 2. The molecule has 2 heterocycles. The molecule has 1 aliphatic heterocycles. The molecule has 11 heteroatoms. The third-order valence-electron chi connectivity index (χ3n) is 7.69. The minimum atomic E-state index is -3.07. The van der Waals surface area contributed by atoms with E-state index in [1.807, 2.05) is 26.8 Å². The molecule has 37 heavy (non-hydrogen) atoms. The normalized spacial score (nSPS) is 23.5.